The zero-order chi connectivity index (χ0) is 25.2. The van der Waals surface area contributed by atoms with Crippen LogP contribution in [0.1, 0.15) is 27.9 Å². The number of hydrogen-bond acceptors (Lipinski definition) is 4. The van der Waals surface area contributed by atoms with E-state index in [9.17, 15) is 14.0 Å². The summed E-state index contributed by atoms with van der Waals surface area (Å²) in [6.07, 6.45) is 0.365. The Bertz CT molecular complexity index is 1430. The molecule has 1 aromatic heterocycles. The normalized spacial score (nSPS) is 12.9. The summed E-state index contributed by atoms with van der Waals surface area (Å²) in [4.78, 5) is 27.1. The molecule has 36 heavy (non-hydrogen) atoms. The highest BCUT2D eigenvalue weighted by Crippen LogP contribution is 2.30. The first kappa shape index (κ1) is 23.3. The SMILES string of the molecule is COc1ccc(-c2cc3n(n2)CCC(=O)N3Cc2ccc(C(=O)Nc3ccc(C)c(F)c3)cc2)cc1. The molecule has 2 heterocycles. The van der Waals surface area contributed by atoms with Crippen molar-refractivity contribution in [3.8, 4) is 17.0 Å². The number of nitrogens with one attached hydrogen (secondary N) is 1. The molecule has 1 N–H and O–H groups in total. The lowest BCUT2D eigenvalue weighted by Crippen LogP contribution is -2.36. The van der Waals surface area contributed by atoms with Crippen LogP contribution in [-0.2, 0) is 17.9 Å². The zero-order valence-corrected chi connectivity index (χ0v) is 20.0. The van der Waals surface area contributed by atoms with E-state index in [0.717, 1.165) is 28.4 Å². The predicted molar refractivity (Wildman–Crippen MR) is 136 cm³/mol. The fraction of sp³-hybridized carbons (Fsp3) is 0.179. The van der Waals surface area contributed by atoms with Gasteiger partial charge in [0.15, 0.2) is 0 Å². The highest BCUT2D eigenvalue weighted by atomic mass is 19.1. The Morgan fingerprint density at radius 1 is 1.06 bits per heavy atom. The summed E-state index contributed by atoms with van der Waals surface area (Å²) < 4.78 is 20.9. The van der Waals surface area contributed by atoms with Gasteiger partial charge in [-0.15, -0.1) is 0 Å². The number of halogens is 1. The second kappa shape index (κ2) is 9.65. The summed E-state index contributed by atoms with van der Waals surface area (Å²) in [5.41, 5.74) is 3.95. The van der Waals surface area contributed by atoms with Crippen LogP contribution in [-0.4, -0.2) is 28.7 Å². The van der Waals surface area contributed by atoms with Gasteiger partial charge in [0, 0.05) is 29.3 Å². The second-order valence-corrected chi connectivity index (χ2v) is 8.68. The van der Waals surface area contributed by atoms with Crippen molar-refractivity contribution in [2.24, 2.45) is 0 Å². The number of aromatic nitrogens is 2. The molecule has 0 radical (unpaired) electrons. The van der Waals surface area contributed by atoms with Crippen molar-refractivity contribution in [2.75, 3.05) is 17.3 Å². The average Bonchev–Trinajstić information content (AvgIpc) is 3.33. The van der Waals surface area contributed by atoms with Crippen LogP contribution in [0.15, 0.2) is 72.8 Å². The van der Waals surface area contributed by atoms with Gasteiger partial charge < -0.3 is 10.1 Å². The van der Waals surface area contributed by atoms with E-state index in [1.165, 1.54) is 6.07 Å². The number of fused-ring (bicyclic) bond motifs is 1. The molecule has 0 aliphatic carbocycles. The van der Waals surface area contributed by atoms with Crippen molar-refractivity contribution in [1.82, 2.24) is 9.78 Å². The van der Waals surface area contributed by atoms with E-state index < -0.39 is 0 Å². The Kier molecular flexibility index (Phi) is 6.25. The summed E-state index contributed by atoms with van der Waals surface area (Å²) in [6.45, 7) is 2.55. The number of aryl methyl sites for hydroxylation is 2. The monoisotopic (exact) mass is 484 g/mol. The van der Waals surface area contributed by atoms with Crippen molar-refractivity contribution in [3.05, 3.63) is 95.3 Å². The lowest BCUT2D eigenvalue weighted by atomic mass is 10.1. The van der Waals surface area contributed by atoms with Crippen LogP contribution in [0.2, 0.25) is 0 Å². The first-order valence-corrected chi connectivity index (χ1v) is 11.6. The maximum atomic E-state index is 13.8. The van der Waals surface area contributed by atoms with E-state index in [1.807, 2.05) is 47.1 Å². The van der Waals surface area contributed by atoms with Gasteiger partial charge in [0.1, 0.15) is 17.4 Å². The predicted octanol–water partition coefficient (Wildman–Crippen LogP) is 5.20. The van der Waals surface area contributed by atoms with Crippen molar-refractivity contribution in [2.45, 2.75) is 26.4 Å². The van der Waals surface area contributed by atoms with Crippen LogP contribution in [0, 0.1) is 12.7 Å². The lowest BCUT2D eigenvalue weighted by molar-refractivity contribution is -0.119. The minimum Gasteiger partial charge on any atom is -0.497 e. The highest BCUT2D eigenvalue weighted by molar-refractivity contribution is 6.04. The summed E-state index contributed by atoms with van der Waals surface area (Å²) in [7, 11) is 1.62. The molecule has 182 valence electrons. The van der Waals surface area contributed by atoms with E-state index in [1.54, 1.807) is 43.2 Å². The molecule has 0 atom stereocenters. The van der Waals surface area contributed by atoms with Crippen molar-refractivity contribution < 1.29 is 18.7 Å². The van der Waals surface area contributed by atoms with E-state index in [4.69, 9.17) is 9.84 Å². The Labute approximate surface area is 208 Å². The molecule has 5 rings (SSSR count). The Morgan fingerprint density at radius 2 is 1.81 bits per heavy atom. The van der Waals surface area contributed by atoms with Crippen LogP contribution >= 0.6 is 0 Å². The molecule has 0 saturated heterocycles. The number of methoxy groups -OCH3 is 1. The van der Waals surface area contributed by atoms with E-state index in [-0.39, 0.29) is 17.6 Å². The van der Waals surface area contributed by atoms with Gasteiger partial charge in [0.25, 0.3) is 5.91 Å². The van der Waals surface area contributed by atoms with Gasteiger partial charge in [-0.2, -0.15) is 5.10 Å². The van der Waals surface area contributed by atoms with Crippen molar-refractivity contribution in [3.63, 3.8) is 0 Å². The fourth-order valence-electron chi connectivity index (χ4n) is 4.14. The average molecular weight is 485 g/mol. The highest BCUT2D eigenvalue weighted by Gasteiger charge is 2.26. The quantitative estimate of drug-likeness (QED) is 0.408. The Hall–Kier alpha value is -4.46. The molecule has 2 amide bonds. The van der Waals surface area contributed by atoms with Crippen LogP contribution < -0.4 is 15.0 Å². The lowest BCUT2D eigenvalue weighted by Gasteiger charge is -2.27. The number of ether oxygens (including phenoxy) is 1. The number of carbonyl (C=O) groups is 2. The molecule has 3 aromatic carbocycles. The fourth-order valence-corrected chi connectivity index (χ4v) is 4.14. The second-order valence-electron chi connectivity index (χ2n) is 8.68. The zero-order valence-electron chi connectivity index (χ0n) is 20.0. The summed E-state index contributed by atoms with van der Waals surface area (Å²) in [5, 5.41) is 7.40. The third-order valence-corrected chi connectivity index (χ3v) is 6.25. The number of carbonyl (C=O) groups excluding carboxylic acids is 2. The van der Waals surface area contributed by atoms with Gasteiger partial charge in [-0.25, -0.2) is 9.07 Å². The van der Waals surface area contributed by atoms with Gasteiger partial charge in [-0.3, -0.25) is 14.5 Å². The molecule has 0 spiro atoms. The topological polar surface area (TPSA) is 76.5 Å². The number of benzene rings is 3. The van der Waals surface area contributed by atoms with Gasteiger partial charge in [0.05, 0.1) is 25.9 Å². The van der Waals surface area contributed by atoms with Crippen LogP contribution in [0.25, 0.3) is 11.3 Å². The van der Waals surface area contributed by atoms with E-state index in [0.29, 0.717) is 36.3 Å². The Balaban J connectivity index is 1.31. The van der Waals surface area contributed by atoms with Crippen LogP contribution in [0.3, 0.4) is 0 Å². The van der Waals surface area contributed by atoms with Gasteiger partial charge in [-0.1, -0.05) is 18.2 Å². The van der Waals surface area contributed by atoms with Gasteiger partial charge >= 0.3 is 0 Å². The van der Waals surface area contributed by atoms with E-state index in [2.05, 4.69) is 5.32 Å². The standard InChI is InChI=1S/C28H25FN4O3/c1-18-3-10-22(15-24(18)29)30-28(35)21-6-4-19(5-7-21)17-32-26-16-25(31-33(26)14-13-27(32)34)20-8-11-23(36-2)12-9-20/h3-12,15-16H,13-14,17H2,1-2H3,(H,30,35). The van der Waals surface area contributed by atoms with Crippen molar-refractivity contribution in [1.29, 1.82) is 0 Å². The first-order chi connectivity index (χ1) is 17.4. The molecule has 8 heteroatoms. The molecule has 0 bridgehead atoms. The molecule has 0 fully saturated rings. The van der Waals surface area contributed by atoms with E-state index >= 15 is 0 Å². The molecule has 7 nitrogen and oxygen atoms in total. The molecule has 0 saturated carbocycles. The molecule has 1 aliphatic heterocycles. The number of nitrogens with zero attached hydrogens (tertiary/aromatic N) is 3. The maximum absolute atomic E-state index is 13.8. The first-order valence-electron chi connectivity index (χ1n) is 11.6. The third kappa shape index (κ3) is 4.70. The molecule has 1 aliphatic rings. The number of amides is 2. The number of hydrogen-bond donors (Lipinski definition) is 1. The molecule has 4 aromatic rings. The van der Waals surface area contributed by atoms with Crippen molar-refractivity contribution >= 4 is 23.3 Å². The number of rotatable bonds is 6. The Morgan fingerprint density at radius 3 is 2.50 bits per heavy atom. The molecule has 0 unspecified atom stereocenters. The van der Waals surface area contributed by atoms with Gasteiger partial charge in [-0.05, 0) is 66.6 Å². The molecular weight excluding hydrogens is 459 g/mol. The minimum absolute atomic E-state index is 0.0203. The largest absolute Gasteiger partial charge is 0.497 e. The van der Waals surface area contributed by atoms with Crippen LogP contribution in [0.5, 0.6) is 5.75 Å². The van der Waals surface area contributed by atoms with Crippen LogP contribution in [0.4, 0.5) is 15.9 Å². The smallest absolute Gasteiger partial charge is 0.255 e. The summed E-state index contributed by atoms with van der Waals surface area (Å²) in [5.74, 6) is 0.819. The molecular formula is C28H25FN4O3. The van der Waals surface area contributed by atoms with Gasteiger partial charge in [0.2, 0.25) is 5.91 Å². The minimum atomic E-state index is -0.372. The third-order valence-electron chi connectivity index (χ3n) is 6.25. The number of anilines is 2. The summed E-state index contributed by atoms with van der Waals surface area (Å²) in [6, 6.07) is 21.2. The maximum Gasteiger partial charge on any atom is 0.255 e. The summed E-state index contributed by atoms with van der Waals surface area (Å²) >= 11 is 0.